The number of hydrazone groups is 1. The Balaban J connectivity index is 1.59. The van der Waals surface area contributed by atoms with Gasteiger partial charge >= 0.3 is 0 Å². The van der Waals surface area contributed by atoms with Crippen molar-refractivity contribution in [3.05, 3.63) is 29.8 Å². The number of amides is 1. The Morgan fingerprint density at radius 3 is 3.09 bits per heavy atom. The van der Waals surface area contributed by atoms with Crippen molar-refractivity contribution in [2.45, 2.75) is 32.6 Å². The van der Waals surface area contributed by atoms with Crippen molar-refractivity contribution in [1.29, 1.82) is 5.26 Å². The van der Waals surface area contributed by atoms with Crippen molar-refractivity contribution in [2.24, 2.45) is 22.4 Å². The Labute approximate surface area is 136 Å². The molecule has 0 bridgehead atoms. The van der Waals surface area contributed by atoms with E-state index in [9.17, 15) is 4.79 Å². The third-order valence-electron chi connectivity index (χ3n) is 5.20. The van der Waals surface area contributed by atoms with Gasteiger partial charge in [0.15, 0.2) is 6.61 Å². The lowest BCUT2D eigenvalue weighted by Crippen LogP contribution is -2.22. The zero-order chi connectivity index (χ0) is 16.3. The van der Waals surface area contributed by atoms with Crippen LogP contribution in [0.4, 0.5) is 0 Å². The summed E-state index contributed by atoms with van der Waals surface area (Å²) in [5, 5.41) is 12.7. The molecule has 1 aromatic rings. The number of para-hydroxylation sites is 1. The molecule has 120 valence electrons. The van der Waals surface area contributed by atoms with Crippen molar-refractivity contribution < 1.29 is 9.53 Å². The zero-order valence-corrected chi connectivity index (χ0v) is 13.3. The van der Waals surface area contributed by atoms with Gasteiger partial charge in [-0.25, -0.2) is 5.43 Å². The molecule has 5 nitrogen and oxygen atoms in total. The maximum absolute atomic E-state index is 12.3. The molecule has 1 aromatic carbocycles. The van der Waals surface area contributed by atoms with Crippen LogP contribution < -0.4 is 10.2 Å². The molecule has 2 aliphatic rings. The molecule has 0 saturated heterocycles. The van der Waals surface area contributed by atoms with Gasteiger partial charge in [0.1, 0.15) is 11.8 Å². The molecular weight excluding hydrogens is 290 g/mol. The smallest absolute Gasteiger partial charge is 0.244 e. The van der Waals surface area contributed by atoms with Crippen molar-refractivity contribution in [3.63, 3.8) is 0 Å². The number of carbonyl (C=O) groups excluding carboxylic acids is 1. The summed E-state index contributed by atoms with van der Waals surface area (Å²) in [6.07, 6.45) is 6.33. The molecule has 2 aliphatic carbocycles. The molecule has 0 heterocycles. The molecule has 2 saturated carbocycles. The summed E-state index contributed by atoms with van der Waals surface area (Å²) in [6.45, 7) is 2.20. The predicted octanol–water partition coefficient (Wildman–Crippen LogP) is 2.87. The second kappa shape index (κ2) is 6.41. The Hall–Kier alpha value is -2.35. The first-order valence-electron chi connectivity index (χ1n) is 8.08. The molecule has 1 amide bonds. The number of hydrogen-bond acceptors (Lipinski definition) is 4. The highest BCUT2D eigenvalue weighted by Crippen LogP contribution is 2.66. The van der Waals surface area contributed by atoms with Crippen LogP contribution in [0.15, 0.2) is 29.4 Å². The van der Waals surface area contributed by atoms with E-state index in [1.54, 1.807) is 12.3 Å². The highest BCUT2D eigenvalue weighted by atomic mass is 16.5. The summed E-state index contributed by atoms with van der Waals surface area (Å²) >= 11 is 0. The maximum atomic E-state index is 12.3. The summed E-state index contributed by atoms with van der Waals surface area (Å²) in [4.78, 5) is 12.3. The van der Waals surface area contributed by atoms with Gasteiger partial charge in [0.2, 0.25) is 5.91 Å². The quantitative estimate of drug-likeness (QED) is 0.671. The zero-order valence-electron chi connectivity index (χ0n) is 13.3. The van der Waals surface area contributed by atoms with Crippen LogP contribution in [0.1, 0.15) is 38.2 Å². The summed E-state index contributed by atoms with van der Waals surface area (Å²) in [7, 11) is 0. The van der Waals surface area contributed by atoms with E-state index in [-0.39, 0.29) is 23.8 Å². The number of nitrogens with one attached hydrogen (secondary N) is 1. The van der Waals surface area contributed by atoms with Gasteiger partial charge in [-0.05, 0) is 36.3 Å². The van der Waals surface area contributed by atoms with Gasteiger partial charge in [0.05, 0.1) is 6.21 Å². The Morgan fingerprint density at radius 1 is 1.52 bits per heavy atom. The lowest BCUT2D eigenvalue weighted by Gasteiger charge is -2.15. The number of ether oxygens (including phenoxy) is 1. The molecule has 3 atom stereocenters. The van der Waals surface area contributed by atoms with E-state index in [1.807, 2.05) is 24.3 Å². The van der Waals surface area contributed by atoms with E-state index >= 15 is 0 Å². The minimum Gasteiger partial charge on any atom is -0.478 e. The van der Waals surface area contributed by atoms with Gasteiger partial charge in [-0.3, -0.25) is 4.79 Å². The molecule has 0 aromatic heterocycles. The number of carbonyl (C=O) groups is 1. The SMILES string of the molecule is C[C@]12CCCC[C@@H]1[C@@H]2C(=O)N/N=C\c1ccccc1OCC#N. The highest BCUT2D eigenvalue weighted by Gasteiger charge is 2.64. The first kappa shape index (κ1) is 15.5. The first-order valence-corrected chi connectivity index (χ1v) is 8.08. The number of nitriles is 1. The molecule has 2 fully saturated rings. The van der Waals surface area contributed by atoms with E-state index in [1.165, 1.54) is 12.8 Å². The summed E-state index contributed by atoms with van der Waals surface area (Å²) < 4.78 is 5.33. The third kappa shape index (κ3) is 3.07. The van der Waals surface area contributed by atoms with E-state index < -0.39 is 0 Å². The van der Waals surface area contributed by atoms with E-state index in [0.717, 1.165) is 18.4 Å². The van der Waals surface area contributed by atoms with Crippen molar-refractivity contribution >= 4 is 12.1 Å². The van der Waals surface area contributed by atoms with Gasteiger partial charge in [0.25, 0.3) is 0 Å². The average Bonchev–Trinajstić information content (AvgIpc) is 3.19. The highest BCUT2D eigenvalue weighted by molar-refractivity contribution is 5.87. The van der Waals surface area contributed by atoms with Crippen LogP contribution >= 0.6 is 0 Å². The van der Waals surface area contributed by atoms with E-state index in [0.29, 0.717) is 11.7 Å². The van der Waals surface area contributed by atoms with Crippen LogP contribution in [-0.2, 0) is 4.79 Å². The predicted molar refractivity (Wildman–Crippen MR) is 86.8 cm³/mol. The molecule has 0 spiro atoms. The van der Waals surface area contributed by atoms with Crippen molar-refractivity contribution in [2.75, 3.05) is 6.61 Å². The monoisotopic (exact) mass is 311 g/mol. The lowest BCUT2D eigenvalue weighted by atomic mass is 9.90. The van der Waals surface area contributed by atoms with Gasteiger partial charge in [-0.2, -0.15) is 10.4 Å². The second-order valence-electron chi connectivity index (χ2n) is 6.55. The van der Waals surface area contributed by atoms with Crippen LogP contribution in [0.2, 0.25) is 0 Å². The standard InChI is InChI=1S/C18H21N3O2/c1-18-9-5-4-7-14(18)16(18)17(22)21-20-12-13-6-2-3-8-15(13)23-11-10-19/h2-3,6,8,12,14,16H,4-5,7,9,11H2,1H3,(H,21,22)/b20-12-/t14-,16-,18+/m1/s1. The van der Waals surface area contributed by atoms with Crippen LogP contribution in [0, 0.1) is 28.6 Å². The summed E-state index contributed by atoms with van der Waals surface area (Å²) in [5.74, 6) is 1.23. The van der Waals surface area contributed by atoms with Gasteiger partial charge < -0.3 is 4.74 Å². The number of benzene rings is 1. The Morgan fingerprint density at radius 2 is 2.35 bits per heavy atom. The van der Waals surface area contributed by atoms with Crippen molar-refractivity contribution in [3.8, 4) is 11.8 Å². The van der Waals surface area contributed by atoms with Gasteiger partial charge in [-0.1, -0.05) is 31.9 Å². The van der Waals surface area contributed by atoms with Gasteiger partial charge in [-0.15, -0.1) is 0 Å². The van der Waals surface area contributed by atoms with Crippen LogP contribution in [-0.4, -0.2) is 18.7 Å². The average molecular weight is 311 g/mol. The summed E-state index contributed by atoms with van der Waals surface area (Å²) in [6, 6.07) is 9.24. The molecule has 0 radical (unpaired) electrons. The van der Waals surface area contributed by atoms with Crippen LogP contribution in [0.25, 0.3) is 0 Å². The Bertz CT molecular complexity index is 664. The molecule has 5 heteroatoms. The van der Waals surface area contributed by atoms with Gasteiger partial charge in [0, 0.05) is 11.5 Å². The number of nitrogens with zero attached hydrogens (tertiary/aromatic N) is 2. The number of fused-ring (bicyclic) bond motifs is 1. The minimum absolute atomic E-state index is 0.0146. The number of rotatable bonds is 5. The fourth-order valence-corrected chi connectivity index (χ4v) is 3.91. The number of hydrogen-bond donors (Lipinski definition) is 1. The minimum atomic E-state index is -0.0146. The largest absolute Gasteiger partial charge is 0.478 e. The topological polar surface area (TPSA) is 74.5 Å². The normalized spacial score (nSPS) is 28.7. The third-order valence-corrected chi connectivity index (χ3v) is 5.20. The molecule has 23 heavy (non-hydrogen) atoms. The Kier molecular flexibility index (Phi) is 4.33. The molecular formula is C18H21N3O2. The first-order chi connectivity index (χ1) is 11.2. The molecule has 3 rings (SSSR count). The van der Waals surface area contributed by atoms with E-state index in [4.69, 9.17) is 10.00 Å². The fraction of sp³-hybridized carbons (Fsp3) is 0.500. The molecule has 0 aliphatic heterocycles. The van der Waals surface area contributed by atoms with Crippen LogP contribution in [0.5, 0.6) is 5.75 Å². The van der Waals surface area contributed by atoms with Crippen LogP contribution in [0.3, 0.4) is 0 Å². The van der Waals surface area contributed by atoms with E-state index in [2.05, 4.69) is 17.5 Å². The maximum Gasteiger partial charge on any atom is 0.244 e. The summed E-state index contributed by atoms with van der Waals surface area (Å²) in [5.41, 5.74) is 3.59. The lowest BCUT2D eigenvalue weighted by molar-refractivity contribution is -0.123. The van der Waals surface area contributed by atoms with Crippen molar-refractivity contribution in [1.82, 2.24) is 5.43 Å². The second-order valence-corrected chi connectivity index (χ2v) is 6.55. The fourth-order valence-electron chi connectivity index (χ4n) is 3.91. The molecule has 1 N–H and O–H groups in total. The molecule has 0 unspecified atom stereocenters.